The lowest BCUT2D eigenvalue weighted by Crippen LogP contribution is -2.41. The highest BCUT2D eigenvalue weighted by atomic mass is 16.5. The number of nitrogens with zero attached hydrogens (tertiary/aromatic N) is 3. The SMILES string of the molecule is Cc1ccc(C(=O)NC[C@H]2[C@H]3CN(Cc4nnc(C)o4)C[C@]34CC[C@H]2O4)cc1. The lowest BCUT2D eigenvalue weighted by atomic mass is 9.73. The summed E-state index contributed by atoms with van der Waals surface area (Å²) in [4.78, 5) is 14.9. The van der Waals surface area contributed by atoms with E-state index in [2.05, 4.69) is 20.4 Å². The van der Waals surface area contributed by atoms with Crippen molar-refractivity contribution in [3.8, 4) is 0 Å². The van der Waals surface area contributed by atoms with Crippen LogP contribution in [0.1, 0.15) is 40.5 Å². The molecule has 3 fully saturated rings. The van der Waals surface area contributed by atoms with Gasteiger partial charge in [-0.25, -0.2) is 0 Å². The van der Waals surface area contributed by atoms with Crippen LogP contribution >= 0.6 is 0 Å². The maximum absolute atomic E-state index is 12.5. The fraction of sp³-hybridized carbons (Fsp3) is 0.571. The Bertz CT molecular complexity index is 880. The van der Waals surface area contributed by atoms with Crippen LogP contribution in [0.5, 0.6) is 0 Å². The lowest BCUT2D eigenvalue weighted by Gasteiger charge is -2.29. The van der Waals surface area contributed by atoms with Crippen molar-refractivity contribution in [2.24, 2.45) is 11.8 Å². The Morgan fingerprint density at radius 3 is 2.86 bits per heavy atom. The zero-order chi connectivity index (χ0) is 19.3. The van der Waals surface area contributed by atoms with Gasteiger partial charge in [-0.3, -0.25) is 9.69 Å². The smallest absolute Gasteiger partial charge is 0.251 e. The number of fused-ring (bicyclic) bond motifs is 1. The van der Waals surface area contributed by atoms with E-state index in [0.717, 1.165) is 31.5 Å². The first-order chi connectivity index (χ1) is 13.5. The summed E-state index contributed by atoms with van der Waals surface area (Å²) in [5, 5.41) is 11.2. The summed E-state index contributed by atoms with van der Waals surface area (Å²) in [7, 11) is 0. The molecule has 3 saturated heterocycles. The molecule has 1 aromatic heterocycles. The van der Waals surface area contributed by atoms with E-state index < -0.39 is 0 Å². The third kappa shape index (κ3) is 3.02. The molecule has 7 nitrogen and oxygen atoms in total. The summed E-state index contributed by atoms with van der Waals surface area (Å²) in [6, 6.07) is 7.71. The van der Waals surface area contributed by atoms with Crippen LogP contribution in [0, 0.1) is 25.7 Å². The monoisotopic (exact) mass is 382 g/mol. The summed E-state index contributed by atoms with van der Waals surface area (Å²) < 4.78 is 12.0. The Morgan fingerprint density at radius 2 is 2.11 bits per heavy atom. The van der Waals surface area contributed by atoms with Gasteiger partial charge in [-0.15, -0.1) is 10.2 Å². The van der Waals surface area contributed by atoms with E-state index in [1.54, 1.807) is 0 Å². The molecule has 7 heteroatoms. The van der Waals surface area contributed by atoms with Gasteiger partial charge in [0.25, 0.3) is 5.91 Å². The highest BCUT2D eigenvalue weighted by Gasteiger charge is 2.62. The number of hydrogen-bond donors (Lipinski definition) is 1. The summed E-state index contributed by atoms with van der Waals surface area (Å²) >= 11 is 0. The van der Waals surface area contributed by atoms with Crippen LogP contribution in [-0.2, 0) is 11.3 Å². The lowest BCUT2D eigenvalue weighted by molar-refractivity contribution is 0.00154. The van der Waals surface area contributed by atoms with Gasteiger partial charge in [0.1, 0.15) is 0 Å². The van der Waals surface area contributed by atoms with E-state index in [1.807, 2.05) is 38.1 Å². The van der Waals surface area contributed by atoms with Crippen molar-refractivity contribution in [3.63, 3.8) is 0 Å². The van der Waals surface area contributed by atoms with Crippen molar-refractivity contribution >= 4 is 5.91 Å². The summed E-state index contributed by atoms with van der Waals surface area (Å²) in [5.41, 5.74) is 1.80. The number of hydrogen-bond acceptors (Lipinski definition) is 6. The van der Waals surface area contributed by atoms with E-state index in [0.29, 0.717) is 42.3 Å². The van der Waals surface area contributed by atoms with E-state index in [9.17, 15) is 4.79 Å². The van der Waals surface area contributed by atoms with Crippen LogP contribution in [-0.4, -0.2) is 52.3 Å². The largest absolute Gasteiger partial charge is 0.424 e. The number of aromatic nitrogens is 2. The number of carbonyl (C=O) groups is 1. The fourth-order valence-corrected chi connectivity index (χ4v) is 5.29. The van der Waals surface area contributed by atoms with Crippen LogP contribution < -0.4 is 5.32 Å². The summed E-state index contributed by atoms with van der Waals surface area (Å²) in [5.74, 6) is 2.05. The number of aryl methyl sites for hydroxylation is 2. The molecule has 4 atom stereocenters. The highest BCUT2D eigenvalue weighted by molar-refractivity contribution is 5.94. The van der Waals surface area contributed by atoms with Crippen molar-refractivity contribution in [1.29, 1.82) is 0 Å². The molecule has 148 valence electrons. The molecule has 4 heterocycles. The third-order valence-corrected chi connectivity index (χ3v) is 6.59. The average molecular weight is 382 g/mol. The Morgan fingerprint density at radius 1 is 1.29 bits per heavy atom. The molecule has 0 unspecified atom stereocenters. The van der Waals surface area contributed by atoms with Gasteiger partial charge in [-0.1, -0.05) is 17.7 Å². The van der Waals surface area contributed by atoms with Gasteiger partial charge < -0.3 is 14.5 Å². The molecular weight excluding hydrogens is 356 g/mol. The molecule has 3 aliphatic heterocycles. The number of carbonyl (C=O) groups excluding carboxylic acids is 1. The predicted octanol–water partition coefficient (Wildman–Crippen LogP) is 2.10. The zero-order valence-corrected chi connectivity index (χ0v) is 16.4. The standard InChI is InChI=1S/C21H26N4O3/c1-13-3-5-15(6-4-13)20(26)22-9-16-17-10-25(11-19-24-23-14(2)27-19)12-21(17)8-7-18(16)28-21/h3-6,16-18H,7-12H2,1-2H3,(H,22,26)/t16-,17+,18+,21+/m0/s1. The second-order valence-corrected chi connectivity index (χ2v) is 8.49. The van der Waals surface area contributed by atoms with Crippen molar-refractivity contribution in [2.75, 3.05) is 19.6 Å². The molecule has 0 saturated carbocycles. The van der Waals surface area contributed by atoms with Crippen molar-refractivity contribution in [3.05, 3.63) is 47.2 Å². The first kappa shape index (κ1) is 17.8. The Labute approximate surface area is 164 Å². The van der Waals surface area contributed by atoms with E-state index in [-0.39, 0.29) is 17.6 Å². The van der Waals surface area contributed by atoms with Crippen LogP contribution in [0.15, 0.2) is 28.7 Å². The van der Waals surface area contributed by atoms with Crippen molar-refractivity contribution in [1.82, 2.24) is 20.4 Å². The van der Waals surface area contributed by atoms with Gasteiger partial charge >= 0.3 is 0 Å². The van der Waals surface area contributed by atoms with E-state index in [4.69, 9.17) is 9.15 Å². The first-order valence-corrected chi connectivity index (χ1v) is 10.1. The second kappa shape index (κ2) is 6.67. The minimum atomic E-state index is -0.0705. The quantitative estimate of drug-likeness (QED) is 0.853. The summed E-state index contributed by atoms with van der Waals surface area (Å²) in [6.07, 6.45) is 2.44. The van der Waals surface area contributed by atoms with Gasteiger partial charge in [-0.2, -0.15) is 0 Å². The molecule has 0 radical (unpaired) electrons. The molecule has 3 aliphatic rings. The number of nitrogens with one attached hydrogen (secondary N) is 1. The molecule has 2 aromatic rings. The summed E-state index contributed by atoms with van der Waals surface area (Å²) in [6.45, 7) is 7.01. The van der Waals surface area contributed by atoms with Crippen LogP contribution in [0.25, 0.3) is 0 Å². The Balaban J connectivity index is 1.24. The third-order valence-electron chi connectivity index (χ3n) is 6.59. The first-order valence-electron chi connectivity index (χ1n) is 10.1. The molecule has 0 aliphatic carbocycles. The second-order valence-electron chi connectivity index (χ2n) is 8.49. The van der Waals surface area contributed by atoms with Gasteiger partial charge in [-0.05, 0) is 31.9 Å². The molecule has 2 bridgehead atoms. The molecule has 1 aromatic carbocycles. The predicted molar refractivity (Wildman–Crippen MR) is 102 cm³/mol. The molecule has 28 heavy (non-hydrogen) atoms. The van der Waals surface area contributed by atoms with Gasteiger partial charge in [0.15, 0.2) is 0 Å². The van der Waals surface area contributed by atoms with Crippen LogP contribution in [0.3, 0.4) is 0 Å². The molecule has 5 rings (SSSR count). The molecular formula is C21H26N4O3. The maximum Gasteiger partial charge on any atom is 0.251 e. The normalized spacial score (nSPS) is 31.3. The molecule has 1 N–H and O–H groups in total. The van der Waals surface area contributed by atoms with Crippen molar-refractivity contribution < 1.29 is 13.9 Å². The topological polar surface area (TPSA) is 80.5 Å². The number of likely N-dealkylation sites (tertiary alicyclic amines) is 1. The van der Waals surface area contributed by atoms with Crippen LogP contribution in [0.4, 0.5) is 0 Å². The molecule has 1 amide bonds. The van der Waals surface area contributed by atoms with Crippen molar-refractivity contribution in [2.45, 2.75) is 44.9 Å². The van der Waals surface area contributed by atoms with Gasteiger partial charge in [0.2, 0.25) is 11.8 Å². The minimum absolute atomic E-state index is 0.00647. The maximum atomic E-state index is 12.5. The van der Waals surface area contributed by atoms with Gasteiger partial charge in [0, 0.05) is 44.0 Å². The Hall–Kier alpha value is -2.25. The number of ether oxygens (including phenoxy) is 1. The van der Waals surface area contributed by atoms with E-state index in [1.165, 1.54) is 0 Å². The number of amides is 1. The van der Waals surface area contributed by atoms with Crippen LogP contribution in [0.2, 0.25) is 0 Å². The molecule has 1 spiro atoms. The Kier molecular flexibility index (Phi) is 4.25. The highest BCUT2D eigenvalue weighted by Crippen LogP contribution is 2.54. The number of rotatable bonds is 5. The van der Waals surface area contributed by atoms with Gasteiger partial charge in [0.05, 0.1) is 18.2 Å². The number of benzene rings is 1. The van der Waals surface area contributed by atoms with E-state index >= 15 is 0 Å². The zero-order valence-electron chi connectivity index (χ0n) is 16.4. The fourth-order valence-electron chi connectivity index (χ4n) is 5.29. The minimum Gasteiger partial charge on any atom is -0.424 e. The average Bonchev–Trinajstić information content (AvgIpc) is 3.41.